The van der Waals surface area contributed by atoms with Crippen molar-refractivity contribution in [1.29, 1.82) is 0 Å². The van der Waals surface area contributed by atoms with Crippen LogP contribution < -0.4 is 24.2 Å². The minimum atomic E-state index is -1.05. The SMILES string of the molecule is [CH2-][C@@H](COCOCC[Si](C)(C)C)NC(=O)OC(C)(C)C.[Li+]. The first-order valence-corrected chi connectivity index (χ1v) is 10.7. The van der Waals surface area contributed by atoms with Crippen LogP contribution in [-0.2, 0) is 14.2 Å². The zero-order valence-electron chi connectivity index (χ0n) is 14.7. The number of carbonyl (C=O) groups excluding carboxylic acids is 1. The molecule has 0 fully saturated rings. The van der Waals surface area contributed by atoms with Gasteiger partial charge in [0.25, 0.3) is 0 Å². The summed E-state index contributed by atoms with van der Waals surface area (Å²) in [5, 5.41) is 2.61. The predicted octanol–water partition coefficient (Wildman–Crippen LogP) is 0.0467. The van der Waals surface area contributed by atoms with Gasteiger partial charge in [0.05, 0.1) is 0 Å². The molecule has 0 bridgehead atoms. The van der Waals surface area contributed by atoms with Crippen molar-refractivity contribution in [2.45, 2.75) is 58.1 Å². The molecular formula is C14H30LiNO4Si. The number of ether oxygens (including phenoxy) is 3. The first kappa shape index (κ1) is 23.3. The first-order valence-electron chi connectivity index (χ1n) is 6.98. The van der Waals surface area contributed by atoms with Crippen molar-refractivity contribution in [3.8, 4) is 0 Å². The van der Waals surface area contributed by atoms with E-state index in [0.29, 0.717) is 6.61 Å². The molecule has 1 amide bonds. The summed E-state index contributed by atoms with van der Waals surface area (Å²) in [7, 11) is -1.05. The molecule has 0 saturated heterocycles. The van der Waals surface area contributed by atoms with Crippen molar-refractivity contribution in [3.63, 3.8) is 0 Å². The molecular weight excluding hydrogens is 281 g/mol. The van der Waals surface area contributed by atoms with Crippen LogP contribution in [0, 0.1) is 6.92 Å². The van der Waals surface area contributed by atoms with Crippen molar-refractivity contribution in [3.05, 3.63) is 6.92 Å². The first-order chi connectivity index (χ1) is 8.99. The Bertz CT molecular complexity index is 290. The van der Waals surface area contributed by atoms with Crippen LogP contribution in [0.25, 0.3) is 0 Å². The molecule has 0 aliphatic carbocycles. The molecule has 5 nitrogen and oxygen atoms in total. The van der Waals surface area contributed by atoms with E-state index in [-0.39, 0.29) is 31.7 Å². The van der Waals surface area contributed by atoms with E-state index < -0.39 is 19.8 Å². The Morgan fingerprint density at radius 2 is 1.81 bits per heavy atom. The fourth-order valence-corrected chi connectivity index (χ4v) is 1.96. The second kappa shape index (κ2) is 10.7. The summed E-state index contributed by atoms with van der Waals surface area (Å²) < 4.78 is 15.8. The molecule has 0 aliphatic heterocycles. The van der Waals surface area contributed by atoms with E-state index in [9.17, 15) is 4.79 Å². The minimum Gasteiger partial charge on any atom is -0.444 e. The third-order valence-corrected chi connectivity index (χ3v) is 3.91. The van der Waals surface area contributed by atoms with Gasteiger partial charge in [-0.25, -0.2) is 4.79 Å². The molecule has 0 aromatic rings. The van der Waals surface area contributed by atoms with Crippen LogP contribution in [-0.4, -0.2) is 45.8 Å². The number of hydrogen-bond acceptors (Lipinski definition) is 4. The van der Waals surface area contributed by atoms with E-state index in [2.05, 4.69) is 31.9 Å². The molecule has 0 saturated carbocycles. The Balaban J connectivity index is 0. The molecule has 0 aliphatic rings. The average Bonchev–Trinajstić information content (AvgIpc) is 2.18. The van der Waals surface area contributed by atoms with Gasteiger partial charge in [-0.1, -0.05) is 25.7 Å². The van der Waals surface area contributed by atoms with E-state index in [4.69, 9.17) is 14.2 Å². The number of carbonyl (C=O) groups is 1. The zero-order valence-corrected chi connectivity index (χ0v) is 15.7. The van der Waals surface area contributed by atoms with Crippen molar-refractivity contribution < 1.29 is 37.9 Å². The maximum atomic E-state index is 11.5. The van der Waals surface area contributed by atoms with Crippen LogP contribution >= 0.6 is 0 Å². The van der Waals surface area contributed by atoms with Gasteiger partial charge >= 0.3 is 25.0 Å². The topological polar surface area (TPSA) is 56.8 Å². The Hall–Kier alpha value is 0.00429. The molecule has 0 rings (SSSR count). The van der Waals surface area contributed by atoms with Crippen LogP contribution in [0.2, 0.25) is 25.7 Å². The van der Waals surface area contributed by atoms with Crippen molar-refractivity contribution >= 4 is 14.2 Å². The van der Waals surface area contributed by atoms with Gasteiger partial charge in [0, 0.05) is 21.3 Å². The maximum absolute atomic E-state index is 11.5. The molecule has 7 heteroatoms. The Labute approximate surface area is 142 Å². The summed E-state index contributed by atoms with van der Waals surface area (Å²) >= 11 is 0. The number of alkyl carbamates (subject to hydrolysis) is 1. The smallest absolute Gasteiger partial charge is 0.444 e. The number of rotatable bonds is 8. The monoisotopic (exact) mass is 311 g/mol. The van der Waals surface area contributed by atoms with E-state index in [1.54, 1.807) is 0 Å². The van der Waals surface area contributed by atoms with Gasteiger partial charge in [0.15, 0.2) is 0 Å². The Kier molecular flexibility index (Phi) is 11.8. The normalized spacial score (nSPS) is 13.3. The maximum Gasteiger partial charge on any atom is 1.00 e. The van der Waals surface area contributed by atoms with Crippen LogP contribution in [0.1, 0.15) is 20.8 Å². The molecule has 0 spiro atoms. The largest absolute Gasteiger partial charge is 1.00 e. The molecule has 1 atom stereocenters. The van der Waals surface area contributed by atoms with E-state index >= 15 is 0 Å². The molecule has 21 heavy (non-hydrogen) atoms. The fraction of sp³-hybridized carbons (Fsp3) is 0.857. The summed E-state index contributed by atoms with van der Waals surface area (Å²) in [5.74, 6) is 0. The third kappa shape index (κ3) is 18.0. The quantitative estimate of drug-likeness (QED) is 0.298. The number of hydrogen-bond donors (Lipinski definition) is 1. The van der Waals surface area contributed by atoms with Crippen LogP contribution in [0.15, 0.2) is 0 Å². The summed E-state index contributed by atoms with van der Waals surface area (Å²) in [6.07, 6.45) is -0.485. The zero-order chi connectivity index (χ0) is 15.8. The van der Waals surface area contributed by atoms with Crippen molar-refractivity contribution in [2.75, 3.05) is 20.0 Å². The second-order valence-corrected chi connectivity index (χ2v) is 12.7. The summed E-state index contributed by atoms with van der Waals surface area (Å²) in [6, 6.07) is 0.755. The number of amides is 1. The van der Waals surface area contributed by atoms with E-state index in [1.165, 1.54) is 0 Å². The minimum absolute atomic E-state index is 0. The fourth-order valence-electron chi connectivity index (χ4n) is 1.20. The summed E-state index contributed by atoms with van der Waals surface area (Å²) in [6.45, 7) is 17.4. The van der Waals surface area contributed by atoms with Gasteiger partial charge in [-0.05, 0) is 26.8 Å². The van der Waals surface area contributed by atoms with Crippen LogP contribution in [0.5, 0.6) is 0 Å². The van der Waals surface area contributed by atoms with E-state index in [1.807, 2.05) is 20.8 Å². The third-order valence-electron chi connectivity index (χ3n) is 2.20. The predicted molar refractivity (Wildman–Crippen MR) is 83.4 cm³/mol. The molecule has 120 valence electrons. The van der Waals surface area contributed by atoms with Gasteiger partial charge in [-0.2, -0.15) is 0 Å². The second-order valence-electron chi connectivity index (χ2n) is 7.05. The molecule has 0 aromatic carbocycles. The number of nitrogens with one attached hydrogen (secondary N) is 1. The Morgan fingerprint density at radius 1 is 1.24 bits per heavy atom. The summed E-state index contributed by atoms with van der Waals surface area (Å²) in [5.41, 5.74) is -0.509. The Morgan fingerprint density at radius 3 is 2.29 bits per heavy atom. The van der Waals surface area contributed by atoms with Gasteiger partial charge in [-0.3, -0.25) is 0 Å². The van der Waals surface area contributed by atoms with Gasteiger partial charge < -0.3 is 26.5 Å². The van der Waals surface area contributed by atoms with Crippen LogP contribution in [0.4, 0.5) is 4.79 Å². The van der Waals surface area contributed by atoms with Crippen molar-refractivity contribution in [1.82, 2.24) is 5.32 Å². The molecule has 0 aromatic heterocycles. The van der Waals surface area contributed by atoms with Gasteiger partial charge in [-0.15, -0.1) is 0 Å². The van der Waals surface area contributed by atoms with Crippen molar-refractivity contribution in [2.24, 2.45) is 0 Å². The summed E-state index contributed by atoms with van der Waals surface area (Å²) in [4.78, 5) is 11.5. The molecule has 0 unspecified atom stereocenters. The molecule has 0 heterocycles. The average molecular weight is 311 g/mol. The molecule has 0 radical (unpaired) electrons. The van der Waals surface area contributed by atoms with Gasteiger partial charge in [0.1, 0.15) is 12.4 Å². The standard InChI is InChI=1S/C14H30NO4Si.Li/c1-12(15-13(16)19-14(2,3)4)10-18-11-17-8-9-20(5,6)7;/h12H,1,8-11H2,2-7H3,(H,15,16);/q-1;+1/t12-;/m0./s1. The van der Waals surface area contributed by atoms with Gasteiger partial charge in [0.2, 0.25) is 0 Å². The van der Waals surface area contributed by atoms with E-state index in [0.717, 1.165) is 12.7 Å². The van der Waals surface area contributed by atoms with Crippen LogP contribution in [0.3, 0.4) is 0 Å². The molecule has 1 N–H and O–H groups in total.